The predicted molar refractivity (Wildman–Crippen MR) is 88.3 cm³/mol. The summed E-state index contributed by atoms with van der Waals surface area (Å²) in [6, 6.07) is 12.4. The molecule has 1 amide bonds. The van der Waals surface area contributed by atoms with Gasteiger partial charge in [-0.3, -0.25) is 4.79 Å². The number of anilines is 1. The molecule has 0 spiro atoms. The Morgan fingerprint density at radius 1 is 1.35 bits per heavy atom. The molecule has 0 atom stereocenters. The van der Waals surface area contributed by atoms with E-state index in [1.165, 1.54) is 6.07 Å². The molecule has 0 aliphatic rings. The van der Waals surface area contributed by atoms with Gasteiger partial charge in [-0.15, -0.1) is 0 Å². The van der Waals surface area contributed by atoms with Crippen LogP contribution in [0.4, 0.5) is 10.1 Å². The largest absolute Gasteiger partial charge is 0.320 e. The zero-order valence-corrected chi connectivity index (χ0v) is 12.8. The van der Waals surface area contributed by atoms with Gasteiger partial charge < -0.3 is 5.32 Å². The number of aromatic nitrogens is 2. The van der Waals surface area contributed by atoms with Gasteiger partial charge in [-0.1, -0.05) is 24.8 Å². The zero-order valence-electron chi connectivity index (χ0n) is 12.8. The average molecular weight is 310 g/mol. The molecule has 23 heavy (non-hydrogen) atoms. The van der Waals surface area contributed by atoms with Crippen LogP contribution < -0.4 is 9.88 Å². The van der Waals surface area contributed by atoms with E-state index in [1.54, 1.807) is 36.2 Å². The molecule has 3 rings (SSSR count). The molecule has 0 unspecified atom stereocenters. The number of fused-ring (bicyclic) bond motifs is 1. The Morgan fingerprint density at radius 3 is 2.87 bits per heavy atom. The molecule has 0 saturated heterocycles. The Kier molecular flexibility index (Phi) is 3.93. The number of aryl methyl sites for hydroxylation is 1. The third-order valence-electron chi connectivity index (χ3n) is 3.64. The van der Waals surface area contributed by atoms with Crippen molar-refractivity contribution >= 4 is 28.8 Å². The quantitative estimate of drug-likeness (QED) is 0.739. The highest BCUT2D eigenvalue weighted by molar-refractivity contribution is 5.90. The molecule has 1 aromatic heterocycles. The minimum Gasteiger partial charge on any atom is -0.320 e. The Morgan fingerprint density at radius 2 is 2.13 bits per heavy atom. The van der Waals surface area contributed by atoms with Gasteiger partial charge in [0.05, 0.1) is 11.9 Å². The smallest absolute Gasteiger partial charge is 0.266 e. The summed E-state index contributed by atoms with van der Waals surface area (Å²) in [6.07, 6.45) is 3.47. The highest BCUT2D eigenvalue weighted by Crippen LogP contribution is 2.15. The van der Waals surface area contributed by atoms with Crippen molar-refractivity contribution in [1.82, 2.24) is 4.57 Å². The number of carbonyl (C=O) groups excluding carboxylic acids is 1. The number of hydrogen-bond acceptors (Lipinski definition) is 1. The number of rotatable bonds is 4. The van der Waals surface area contributed by atoms with E-state index in [0.29, 0.717) is 0 Å². The maximum atomic E-state index is 13.8. The molecule has 0 aliphatic heterocycles. The number of benzene rings is 2. The van der Waals surface area contributed by atoms with Crippen LogP contribution in [0.3, 0.4) is 0 Å². The molecule has 1 heterocycles. The summed E-state index contributed by atoms with van der Waals surface area (Å²) >= 11 is 0. The number of carbonyl (C=O) groups is 1. The number of para-hydroxylation sites is 2. The first-order valence-electron chi connectivity index (χ1n) is 7.26. The van der Waals surface area contributed by atoms with Crippen LogP contribution in [-0.2, 0) is 11.3 Å². The number of halogens is 1. The normalized spacial score (nSPS) is 10.7. The number of nitrogens with one attached hydrogen (secondary N) is 1. The molecule has 0 aliphatic carbocycles. The molecule has 1 N–H and O–H groups in total. The van der Waals surface area contributed by atoms with Gasteiger partial charge in [0.25, 0.3) is 5.91 Å². The molecule has 0 saturated carbocycles. The Bertz CT molecular complexity index is 898. The second-order valence-electron chi connectivity index (χ2n) is 5.35. The van der Waals surface area contributed by atoms with Crippen LogP contribution in [0.2, 0.25) is 0 Å². The Balaban J connectivity index is 1.84. The van der Waals surface area contributed by atoms with Gasteiger partial charge in [0.15, 0.2) is 17.6 Å². The van der Waals surface area contributed by atoms with Crippen molar-refractivity contribution in [2.45, 2.75) is 13.5 Å². The van der Waals surface area contributed by atoms with Crippen LogP contribution in [0.1, 0.15) is 5.56 Å². The van der Waals surface area contributed by atoms with Gasteiger partial charge in [-0.2, -0.15) is 0 Å². The maximum Gasteiger partial charge on any atom is 0.266 e. The molecule has 0 fully saturated rings. The zero-order chi connectivity index (χ0) is 16.4. The van der Waals surface area contributed by atoms with Crippen LogP contribution >= 0.6 is 0 Å². The van der Waals surface area contributed by atoms with Gasteiger partial charge in [0, 0.05) is 0 Å². The monoisotopic (exact) mass is 310 g/mol. The van der Waals surface area contributed by atoms with E-state index >= 15 is 0 Å². The molecule has 116 valence electrons. The first-order chi connectivity index (χ1) is 11.1. The lowest BCUT2D eigenvalue weighted by Crippen LogP contribution is -2.39. The fraction of sp³-hybridized carbons (Fsp3) is 0.111. The van der Waals surface area contributed by atoms with Crippen LogP contribution in [0, 0.1) is 12.7 Å². The highest BCUT2D eigenvalue weighted by Gasteiger charge is 2.17. The van der Waals surface area contributed by atoms with Crippen molar-refractivity contribution in [1.29, 1.82) is 0 Å². The van der Waals surface area contributed by atoms with Crippen LogP contribution in [0.25, 0.3) is 17.2 Å². The SMILES string of the molecule is C=Cn1c[n+](CC(=O)Nc2ccc(C)cc2F)c2ccccc21. The summed E-state index contributed by atoms with van der Waals surface area (Å²) in [5.74, 6) is -0.721. The van der Waals surface area contributed by atoms with Gasteiger partial charge in [-0.05, 0) is 36.8 Å². The van der Waals surface area contributed by atoms with Crippen molar-refractivity contribution in [3.63, 3.8) is 0 Å². The fourth-order valence-electron chi connectivity index (χ4n) is 2.54. The number of amides is 1. The molecule has 2 aromatic carbocycles. The van der Waals surface area contributed by atoms with Gasteiger partial charge in [0.1, 0.15) is 5.82 Å². The third kappa shape index (κ3) is 2.99. The van der Waals surface area contributed by atoms with E-state index < -0.39 is 5.82 Å². The van der Waals surface area contributed by atoms with E-state index in [0.717, 1.165) is 16.6 Å². The summed E-state index contributed by atoms with van der Waals surface area (Å²) in [6.45, 7) is 5.65. The summed E-state index contributed by atoms with van der Waals surface area (Å²) in [4.78, 5) is 12.2. The van der Waals surface area contributed by atoms with Gasteiger partial charge in [0.2, 0.25) is 6.33 Å². The number of hydrogen-bond donors (Lipinski definition) is 1. The first-order valence-corrected chi connectivity index (χ1v) is 7.26. The summed E-state index contributed by atoms with van der Waals surface area (Å²) in [5, 5.41) is 2.61. The van der Waals surface area contributed by atoms with Crippen molar-refractivity contribution < 1.29 is 13.8 Å². The van der Waals surface area contributed by atoms with E-state index in [2.05, 4.69) is 11.9 Å². The van der Waals surface area contributed by atoms with E-state index in [-0.39, 0.29) is 18.1 Å². The van der Waals surface area contributed by atoms with Gasteiger partial charge >= 0.3 is 0 Å². The minimum absolute atomic E-state index is 0.0919. The van der Waals surface area contributed by atoms with Crippen molar-refractivity contribution in [2.75, 3.05) is 5.32 Å². The Hall–Kier alpha value is -2.95. The van der Waals surface area contributed by atoms with Crippen molar-refractivity contribution in [3.8, 4) is 0 Å². The molecule has 5 heteroatoms. The molecule has 0 bridgehead atoms. The van der Waals surface area contributed by atoms with E-state index in [9.17, 15) is 9.18 Å². The number of imidazole rings is 1. The molecular weight excluding hydrogens is 293 g/mol. The lowest BCUT2D eigenvalue weighted by molar-refractivity contribution is -0.658. The molecule has 4 nitrogen and oxygen atoms in total. The van der Waals surface area contributed by atoms with Crippen molar-refractivity contribution in [3.05, 3.63) is 66.8 Å². The lowest BCUT2D eigenvalue weighted by atomic mass is 10.2. The highest BCUT2D eigenvalue weighted by atomic mass is 19.1. The predicted octanol–water partition coefficient (Wildman–Crippen LogP) is 3.12. The second-order valence-corrected chi connectivity index (χ2v) is 5.35. The summed E-state index contributed by atoms with van der Waals surface area (Å²) < 4.78 is 17.5. The van der Waals surface area contributed by atoms with Crippen LogP contribution in [0.15, 0.2) is 55.4 Å². The molecule has 0 radical (unpaired) electrons. The van der Waals surface area contributed by atoms with Crippen LogP contribution in [-0.4, -0.2) is 10.5 Å². The standard InChI is InChI=1S/C18H16FN3O/c1-3-21-12-22(17-7-5-4-6-16(17)21)11-18(23)20-15-9-8-13(2)10-14(15)19/h3-10,12H,1,11H2,2H3/p+1. The second kappa shape index (κ2) is 6.04. The molecular formula is C18H17FN3O+. The fourth-order valence-corrected chi connectivity index (χ4v) is 2.54. The lowest BCUT2D eigenvalue weighted by Gasteiger charge is -2.06. The summed E-state index contributed by atoms with van der Waals surface area (Å²) in [5.41, 5.74) is 2.86. The van der Waals surface area contributed by atoms with E-state index in [1.807, 2.05) is 28.8 Å². The third-order valence-corrected chi connectivity index (χ3v) is 3.64. The van der Waals surface area contributed by atoms with Gasteiger partial charge in [-0.25, -0.2) is 13.5 Å². The van der Waals surface area contributed by atoms with E-state index in [4.69, 9.17) is 0 Å². The molecule has 3 aromatic rings. The first kappa shape index (κ1) is 15.0. The maximum absolute atomic E-state index is 13.8. The number of nitrogens with zero attached hydrogens (tertiary/aromatic N) is 2. The van der Waals surface area contributed by atoms with Crippen molar-refractivity contribution in [2.24, 2.45) is 0 Å². The topological polar surface area (TPSA) is 37.9 Å². The van der Waals surface area contributed by atoms with Crippen LogP contribution in [0.5, 0.6) is 0 Å². The average Bonchev–Trinajstić information content (AvgIpc) is 2.88. The minimum atomic E-state index is -0.433. The summed E-state index contributed by atoms with van der Waals surface area (Å²) in [7, 11) is 0. The Labute approximate surface area is 133 Å².